The highest BCUT2D eigenvalue weighted by Crippen LogP contribution is 2.27. The monoisotopic (exact) mass is 446 g/mol. The predicted octanol–water partition coefficient (Wildman–Crippen LogP) is 4.96. The minimum absolute atomic E-state index is 0.252. The third kappa shape index (κ3) is 4.93. The van der Waals surface area contributed by atoms with Gasteiger partial charge in [-0.2, -0.15) is 0 Å². The van der Waals surface area contributed by atoms with Gasteiger partial charge in [0, 0.05) is 19.4 Å². The van der Waals surface area contributed by atoms with Crippen LogP contribution in [0.4, 0.5) is 0 Å². The number of carbonyl (C=O) groups excluding carboxylic acids is 1. The first-order chi connectivity index (χ1) is 9.15. The van der Waals surface area contributed by atoms with E-state index in [1.165, 1.54) is 3.57 Å². The van der Waals surface area contributed by atoms with Crippen LogP contribution in [-0.2, 0) is 11.2 Å². The second-order valence-corrected chi connectivity index (χ2v) is 7.18. The first-order valence-electron chi connectivity index (χ1n) is 5.78. The smallest absolute Gasteiger partial charge is 0.147 e. The average molecular weight is 447 g/mol. The van der Waals surface area contributed by atoms with Crippen molar-refractivity contribution in [2.75, 3.05) is 5.75 Å². The fourth-order valence-electron chi connectivity index (χ4n) is 1.60. The van der Waals surface area contributed by atoms with Crippen molar-refractivity contribution >= 4 is 56.1 Å². The molecule has 1 nitrogen and oxygen atoms in total. The molecule has 0 bridgehead atoms. The Morgan fingerprint density at radius 2 is 1.79 bits per heavy atom. The van der Waals surface area contributed by atoms with Crippen LogP contribution in [0.25, 0.3) is 0 Å². The highest BCUT2D eigenvalue weighted by molar-refractivity contribution is 14.1. The molecule has 2 rings (SSSR count). The Hall–Kier alpha value is -0.330. The molecule has 0 aliphatic rings. The van der Waals surface area contributed by atoms with Crippen molar-refractivity contribution in [3.8, 4) is 0 Å². The molecule has 0 aliphatic carbocycles. The van der Waals surface area contributed by atoms with E-state index in [4.69, 9.17) is 0 Å². The lowest BCUT2D eigenvalue weighted by molar-refractivity contribution is -0.116. The molecule has 0 atom stereocenters. The molecule has 4 heteroatoms. The van der Waals surface area contributed by atoms with Gasteiger partial charge in [0.15, 0.2) is 0 Å². The van der Waals surface area contributed by atoms with Gasteiger partial charge in [-0.25, -0.2) is 0 Å². The molecule has 2 aromatic carbocycles. The van der Waals surface area contributed by atoms with Gasteiger partial charge in [-0.15, -0.1) is 11.8 Å². The number of hydrogen-bond donors (Lipinski definition) is 0. The van der Waals surface area contributed by atoms with Crippen LogP contribution >= 0.6 is 50.3 Å². The Labute approximate surface area is 139 Å². The first kappa shape index (κ1) is 15.1. The maximum Gasteiger partial charge on any atom is 0.147 e. The molecule has 0 fully saturated rings. The van der Waals surface area contributed by atoms with Crippen molar-refractivity contribution in [2.24, 2.45) is 0 Å². The van der Waals surface area contributed by atoms with E-state index >= 15 is 0 Å². The summed E-state index contributed by atoms with van der Waals surface area (Å²) in [5.74, 6) is 0.760. The van der Waals surface area contributed by atoms with Crippen molar-refractivity contribution in [3.63, 3.8) is 0 Å². The first-order valence-corrected chi connectivity index (χ1v) is 8.64. The number of Topliss-reactive ketones (excluding diaryl/α,β-unsaturated/α-hetero) is 1. The zero-order valence-corrected chi connectivity index (χ0v) is 14.7. The molecule has 0 aromatic heterocycles. The highest BCUT2D eigenvalue weighted by Gasteiger charge is 2.06. The van der Waals surface area contributed by atoms with Gasteiger partial charge in [0.2, 0.25) is 0 Å². The Morgan fingerprint density at radius 3 is 2.47 bits per heavy atom. The van der Waals surface area contributed by atoms with E-state index in [0.29, 0.717) is 12.2 Å². The van der Waals surface area contributed by atoms with Gasteiger partial charge in [-0.05, 0) is 68.3 Å². The SMILES string of the molecule is O=C(CSc1ccccc1Br)Cc1ccc(I)cc1. The maximum atomic E-state index is 11.9. The summed E-state index contributed by atoms with van der Waals surface area (Å²) in [5.41, 5.74) is 1.08. The molecule has 98 valence electrons. The van der Waals surface area contributed by atoms with Gasteiger partial charge >= 0.3 is 0 Å². The summed E-state index contributed by atoms with van der Waals surface area (Å²) in [5, 5.41) is 0. The number of carbonyl (C=O) groups is 1. The van der Waals surface area contributed by atoms with Crippen molar-refractivity contribution < 1.29 is 4.79 Å². The van der Waals surface area contributed by atoms with E-state index < -0.39 is 0 Å². The second kappa shape index (κ2) is 7.45. The summed E-state index contributed by atoms with van der Waals surface area (Å²) < 4.78 is 2.23. The third-order valence-electron chi connectivity index (χ3n) is 2.54. The summed E-state index contributed by atoms with van der Waals surface area (Å²) in [7, 11) is 0. The maximum absolute atomic E-state index is 11.9. The topological polar surface area (TPSA) is 17.1 Å². The fraction of sp³-hybridized carbons (Fsp3) is 0.133. The van der Waals surface area contributed by atoms with Gasteiger partial charge in [-0.1, -0.05) is 24.3 Å². The van der Waals surface area contributed by atoms with E-state index in [1.54, 1.807) is 11.8 Å². The normalized spacial score (nSPS) is 10.4. The Bertz CT molecular complexity index is 569. The van der Waals surface area contributed by atoms with Crippen molar-refractivity contribution in [3.05, 3.63) is 62.1 Å². The third-order valence-corrected chi connectivity index (χ3v) is 5.35. The van der Waals surface area contributed by atoms with E-state index in [2.05, 4.69) is 38.5 Å². The molecule has 19 heavy (non-hydrogen) atoms. The molecule has 2 aromatic rings. The van der Waals surface area contributed by atoms with Crippen molar-refractivity contribution in [2.45, 2.75) is 11.3 Å². The van der Waals surface area contributed by atoms with E-state index in [1.807, 2.05) is 48.5 Å². The van der Waals surface area contributed by atoms with Crippen LogP contribution in [0.2, 0.25) is 0 Å². The number of thioether (sulfide) groups is 1. The predicted molar refractivity (Wildman–Crippen MR) is 92.7 cm³/mol. The number of benzene rings is 2. The van der Waals surface area contributed by atoms with E-state index in [-0.39, 0.29) is 5.78 Å². The standard InChI is InChI=1S/C15H12BrIOS/c16-14-3-1-2-4-15(14)19-10-13(18)9-11-5-7-12(17)8-6-11/h1-8H,9-10H2. The van der Waals surface area contributed by atoms with Gasteiger partial charge in [0.05, 0.1) is 5.75 Å². The van der Waals surface area contributed by atoms with Crippen LogP contribution in [0.5, 0.6) is 0 Å². The van der Waals surface area contributed by atoms with Crippen molar-refractivity contribution in [1.82, 2.24) is 0 Å². The summed E-state index contributed by atoms with van der Waals surface area (Å²) in [4.78, 5) is 13.1. The van der Waals surface area contributed by atoms with E-state index in [9.17, 15) is 4.79 Å². The number of ketones is 1. The zero-order valence-electron chi connectivity index (χ0n) is 10.1. The van der Waals surface area contributed by atoms with Crippen LogP contribution in [0, 0.1) is 3.57 Å². The van der Waals surface area contributed by atoms with E-state index in [0.717, 1.165) is 14.9 Å². The lowest BCUT2D eigenvalue weighted by Crippen LogP contribution is -2.05. The minimum Gasteiger partial charge on any atom is -0.298 e. The zero-order chi connectivity index (χ0) is 13.7. The van der Waals surface area contributed by atoms with Gasteiger partial charge in [0.25, 0.3) is 0 Å². The minimum atomic E-state index is 0.252. The second-order valence-electron chi connectivity index (χ2n) is 4.06. The summed E-state index contributed by atoms with van der Waals surface area (Å²) in [6, 6.07) is 16.1. The van der Waals surface area contributed by atoms with Crippen LogP contribution in [-0.4, -0.2) is 11.5 Å². The molecule has 0 saturated carbocycles. The number of halogens is 2. The Morgan fingerprint density at radius 1 is 1.11 bits per heavy atom. The van der Waals surface area contributed by atoms with Gasteiger partial charge < -0.3 is 0 Å². The molecule has 0 unspecified atom stereocenters. The largest absolute Gasteiger partial charge is 0.298 e. The van der Waals surface area contributed by atoms with Crippen LogP contribution in [0.3, 0.4) is 0 Å². The summed E-state index contributed by atoms with van der Waals surface area (Å²) >= 11 is 7.33. The molecular weight excluding hydrogens is 435 g/mol. The van der Waals surface area contributed by atoms with Crippen LogP contribution in [0.1, 0.15) is 5.56 Å². The Kier molecular flexibility index (Phi) is 5.91. The lowest BCUT2D eigenvalue weighted by Gasteiger charge is -2.04. The molecule has 0 aliphatic heterocycles. The quantitative estimate of drug-likeness (QED) is 0.477. The van der Waals surface area contributed by atoms with Crippen molar-refractivity contribution in [1.29, 1.82) is 0 Å². The molecule has 0 spiro atoms. The van der Waals surface area contributed by atoms with Gasteiger partial charge in [-0.3, -0.25) is 4.79 Å². The lowest BCUT2D eigenvalue weighted by atomic mass is 10.1. The van der Waals surface area contributed by atoms with Crippen LogP contribution in [0.15, 0.2) is 57.9 Å². The molecule has 0 N–H and O–H groups in total. The molecule has 0 heterocycles. The fourth-order valence-corrected chi connectivity index (χ4v) is 3.39. The molecule has 0 radical (unpaired) electrons. The number of rotatable bonds is 5. The molecule has 0 amide bonds. The summed E-state index contributed by atoms with van der Waals surface area (Å²) in [6.45, 7) is 0. The summed E-state index contributed by atoms with van der Waals surface area (Å²) in [6.07, 6.45) is 0.508. The molecule has 0 saturated heterocycles. The Balaban J connectivity index is 1.88. The number of hydrogen-bond acceptors (Lipinski definition) is 2. The van der Waals surface area contributed by atoms with Crippen LogP contribution < -0.4 is 0 Å². The highest BCUT2D eigenvalue weighted by atomic mass is 127. The average Bonchev–Trinajstić information content (AvgIpc) is 2.40. The molecular formula is C15H12BrIOS. The van der Waals surface area contributed by atoms with Gasteiger partial charge in [0.1, 0.15) is 5.78 Å².